The Morgan fingerprint density at radius 1 is 0.959 bits per heavy atom. The Kier molecular flexibility index (Phi) is 11.9. The average Bonchev–Trinajstić information content (AvgIpc) is 3.62. The molecule has 2 aromatic rings. The van der Waals surface area contributed by atoms with E-state index in [9.17, 15) is 28.0 Å². The van der Waals surface area contributed by atoms with E-state index in [-0.39, 0.29) is 38.0 Å². The fourth-order valence-corrected chi connectivity index (χ4v) is 6.18. The summed E-state index contributed by atoms with van der Waals surface area (Å²) in [5.74, 6) is -3.65. The number of carbonyl (C=O) groups excluding carboxylic acids is 4. The van der Waals surface area contributed by atoms with Crippen LogP contribution in [-0.2, 0) is 30.5 Å². The third-order valence-electron chi connectivity index (χ3n) is 8.58. The summed E-state index contributed by atoms with van der Waals surface area (Å²) in [4.78, 5) is 56.6. The standard InChI is InChI=1S/C36H48F2N4O7/c1-22(39-18-29(43)49-36(5,6)7)32(44)40-31(35(2,3)4)33(45)41-16-15-28-30(41)24(21-47-25-13-14-26(37)27(38)17-25)19-42(28)34(46)48-20-23-11-9-8-10-12-23/h8-14,17,22,24,28,30-31,39H,15-16,18-21H2,1-7H3,(H,40,44). The molecule has 0 aromatic heterocycles. The molecule has 5 unspecified atom stereocenters. The number of hydrogen-bond acceptors (Lipinski definition) is 8. The molecule has 2 saturated heterocycles. The van der Waals surface area contributed by atoms with Gasteiger partial charge in [0, 0.05) is 25.1 Å². The maximum atomic E-state index is 14.4. The molecule has 2 fully saturated rings. The van der Waals surface area contributed by atoms with Gasteiger partial charge < -0.3 is 29.3 Å². The minimum Gasteiger partial charge on any atom is -0.493 e. The van der Waals surface area contributed by atoms with Crippen molar-refractivity contribution >= 4 is 23.9 Å². The van der Waals surface area contributed by atoms with Crippen LogP contribution in [0.25, 0.3) is 0 Å². The number of carbonyl (C=O) groups is 4. The zero-order valence-electron chi connectivity index (χ0n) is 29.3. The molecular weight excluding hydrogens is 638 g/mol. The molecule has 0 radical (unpaired) electrons. The molecule has 3 amide bonds. The van der Waals surface area contributed by atoms with E-state index in [4.69, 9.17) is 14.2 Å². The van der Waals surface area contributed by atoms with Crippen LogP contribution in [-0.4, -0.2) is 89.7 Å². The molecule has 5 atom stereocenters. The van der Waals surface area contributed by atoms with Gasteiger partial charge in [-0.25, -0.2) is 13.6 Å². The zero-order chi connectivity index (χ0) is 36.1. The molecule has 2 N–H and O–H groups in total. The number of fused-ring (bicyclic) bond motifs is 1. The first kappa shape index (κ1) is 37.6. The first-order chi connectivity index (χ1) is 22.9. The van der Waals surface area contributed by atoms with Crippen LogP contribution in [0.1, 0.15) is 60.5 Å². The number of nitrogens with one attached hydrogen (secondary N) is 2. The summed E-state index contributed by atoms with van der Waals surface area (Å²) >= 11 is 0. The fourth-order valence-electron chi connectivity index (χ4n) is 6.18. The number of ether oxygens (including phenoxy) is 3. The van der Waals surface area contributed by atoms with Crippen LogP contribution < -0.4 is 15.4 Å². The third-order valence-corrected chi connectivity index (χ3v) is 8.58. The van der Waals surface area contributed by atoms with Gasteiger partial charge >= 0.3 is 12.1 Å². The van der Waals surface area contributed by atoms with Crippen LogP contribution in [0, 0.1) is 23.0 Å². The van der Waals surface area contributed by atoms with Gasteiger partial charge in [-0.2, -0.15) is 0 Å². The first-order valence-corrected chi connectivity index (χ1v) is 16.6. The lowest BCUT2D eigenvalue weighted by molar-refractivity contribution is -0.153. The van der Waals surface area contributed by atoms with Crippen LogP contribution in [0.4, 0.5) is 13.6 Å². The number of esters is 1. The smallest absolute Gasteiger partial charge is 0.410 e. The highest BCUT2D eigenvalue weighted by molar-refractivity contribution is 5.91. The summed E-state index contributed by atoms with van der Waals surface area (Å²) < 4.78 is 44.3. The van der Waals surface area contributed by atoms with Crippen LogP contribution >= 0.6 is 0 Å². The van der Waals surface area contributed by atoms with E-state index in [0.717, 1.165) is 17.7 Å². The van der Waals surface area contributed by atoms with Gasteiger partial charge in [-0.05, 0) is 57.2 Å². The third kappa shape index (κ3) is 9.90. The van der Waals surface area contributed by atoms with Crippen LogP contribution in [0.3, 0.4) is 0 Å². The van der Waals surface area contributed by atoms with Crippen molar-refractivity contribution in [3.63, 3.8) is 0 Å². The molecular formula is C36H48F2N4O7. The molecule has 2 aliphatic rings. The van der Waals surface area contributed by atoms with E-state index in [1.54, 1.807) is 37.5 Å². The van der Waals surface area contributed by atoms with Gasteiger partial charge in [-0.3, -0.25) is 19.7 Å². The van der Waals surface area contributed by atoms with Crippen molar-refractivity contribution in [1.82, 2.24) is 20.4 Å². The maximum Gasteiger partial charge on any atom is 0.410 e. The van der Waals surface area contributed by atoms with E-state index in [2.05, 4.69) is 10.6 Å². The lowest BCUT2D eigenvalue weighted by Crippen LogP contribution is -2.59. The second-order valence-corrected chi connectivity index (χ2v) is 14.7. The Labute approximate surface area is 286 Å². The van der Waals surface area contributed by atoms with Crippen molar-refractivity contribution in [3.8, 4) is 5.75 Å². The molecule has 2 heterocycles. The van der Waals surface area contributed by atoms with E-state index < -0.39 is 70.7 Å². The highest BCUT2D eigenvalue weighted by Crippen LogP contribution is 2.38. The molecule has 11 nitrogen and oxygen atoms in total. The Balaban J connectivity index is 1.50. The minimum atomic E-state index is -1.05. The van der Waals surface area contributed by atoms with Gasteiger partial charge in [0.15, 0.2) is 11.6 Å². The van der Waals surface area contributed by atoms with Crippen molar-refractivity contribution in [1.29, 1.82) is 0 Å². The molecule has 0 spiro atoms. The molecule has 268 valence electrons. The van der Waals surface area contributed by atoms with Crippen molar-refractivity contribution in [2.75, 3.05) is 26.2 Å². The minimum absolute atomic E-state index is 0.0106. The number of hydrogen-bond donors (Lipinski definition) is 2. The largest absolute Gasteiger partial charge is 0.493 e. The first-order valence-electron chi connectivity index (χ1n) is 16.6. The lowest BCUT2D eigenvalue weighted by Gasteiger charge is -2.37. The molecule has 13 heteroatoms. The molecule has 2 aliphatic heterocycles. The molecule has 0 aliphatic carbocycles. The molecule has 2 aromatic carbocycles. The Morgan fingerprint density at radius 2 is 1.65 bits per heavy atom. The van der Waals surface area contributed by atoms with Crippen molar-refractivity contribution in [2.45, 2.75) is 91.3 Å². The van der Waals surface area contributed by atoms with E-state index in [0.29, 0.717) is 13.0 Å². The van der Waals surface area contributed by atoms with Gasteiger partial charge in [-0.15, -0.1) is 0 Å². The molecule has 0 bridgehead atoms. The SMILES string of the molecule is CC(NCC(=O)OC(C)(C)C)C(=O)NC(C(=O)N1CCC2C1C(COc1ccc(F)c(F)c1)CN2C(=O)OCc1ccccc1)C(C)(C)C. The van der Waals surface area contributed by atoms with Crippen LogP contribution in [0.5, 0.6) is 5.75 Å². The van der Waals surface area contributed by atoms with Gasteiger partial charge in [-0.1, -0.05) is 51.1 Å². The highest BCUT2D eigenvalue weighted by atomic mass is 19.2. The van der Waals surface area contributed by atoms with Crippen molar-refractivity contribution in [2.24, 2.45) is 11.3 Å². The molecule has 4 rings (SSSR count). The quantitative estimate of drug-likeness (QED) is 0.333. The van der Waals surface area contributed by atoms with Gasteiger partial charge in [0.05, 0.1) is 31.3 Å². The highest BCUT2D eigenvalue weighted by Gasteiger charge is 2.54. The predicted molar refractivity (Wildman–Crippen MR) is 177 cm³/mol. The summed E-state index contributed by atoms with van der Waals surface area (Å²) in [7, 11) is 0. The Hall–Kier alpha value is -4.26. The summed E-state index contributed by atoms with van der Waals surface area (Å²) in [6, 6.07) is 9.87. The zero-order valence-corrected chi connectivity index (χ0v) is 29.3. The normalized spacial score (nSPS) is 20.3. The number of nitrogens with zero attached hydrogens (tertiary/aromatic N) is 2. The second-order valence-electron chi connectivity index (χ2n) is 14.7. The van der Waals surface area contributed by atoms with Crippen LogP contribution in [0.15, 0.2) is 48.5 Å². The van der Waals surface area contributed by atoms with Crippen molar-refractivity contribution in [3.05, 3.63) is 65.7 Å². The summed E-state index contributed by atoms with van der Waals surface area (Å²) in [6.45, 7) is 12.8. The van der Waals surface area contributed by atoms with Gasteiger partial charge in [0.2, 0.25) is 11.8 Å². The van der Waals surface area contributed by atoms with Gasteiger partial charge in [0.25, 0.3) is 0 Å². The van der Waals surface area contributed by atoms with E-state index in [1.807, 2.05) is 51.1 Å². The van der Waals surface area contributed by atoms with Crippen LogP contribution in [0.2, 0.25) is 0 Å². The number of rotatable bonds is 11. The summed E-state index contributed by atoms with van der Waals surface area (Å²) in [5.41, 5.74) is -0.555. The maximum absolute atomic E-state index is 14.4. The monoisotopic (exact) mass is 686 g/mol. The lowest BCUT2D eigenvalue weighted by atomic mass is 9.85. The predicted octanol–water partition coefficient (Wildman–Crippen LogP) is 4.43. The molecule has 49 heavy (non-hydrogen) atoms. The Morgan fingerprint density at radius 3 is 2.29 bits per heavy atom. The fraction of sp³-hybridized carbons (Fsp3) is 0.556. The number of halogens is 2. The average molecular weight is 687 g/mol. The Bertz CT molecular complexity index is 1490. The number of amides is 3. The molecule has 0 saturated carbocycles. The second kappa shape index (κ2) is 15.5. The summed E-state index contributed by atoms with van der Waals surface area (Å²) in [6.07, 6.45) is -0.0639. The van der Waals surface area contributed by atoms with E-state index >= 15 is 0 Å². The topological polar surface area (TPSA) is 127 Å². The number of benzene rings is 2. The number of likely N-dealkylation sites (tertiary alicyclic amines) is 2. The van der Waals surface area contributed by atoms with E-state index in [1.165, 1.54) is 6.07 Å². The summed E-state index contributed by atoms with van der Waals surface area (Å²) in [5, 5.41) is 5.74. The van der Waals surface area contributed by atoms with Gasteiger partial charge in [0.1, 0.15) is 24.0 Å². The van der Waals surface area contributed by atoms with Crippen molar-refractivity contribution < 1.29 is 42.2 Å².